The summed E-state index contributed by atoms with van der Waals surface area (Å²) < 4.78 is 15.8. The maximum atomic E-state index is 12.6. The van der Waals surface area contributed by atoms with Gasteiger partial charge in [-0.1, -0.05) is 12.1 Å². The number of carbonyl (C=O) groups excluding carboxylic acids is 1. The first-order valence-electron chi connectivity index (χ1n) is 7.64. The molecule has 2 aromatic carbocycles. The molecule has 0 heterocycles. The largest absolute Gasteiger partial charge is 0.496 e. The smallest absolute Gasteiger partial charge is 0.255 e. The van der Waals surface area contributed by atoms with Gasteiger partial charge in [-0.2, -0.15) is 0 Å². The molecule has 0 fully saturated rings. The van der Waals surface area contributed by atoms with Crippen molar-refractivity contribution in [1.82, 2.24) is 5.32 Å². The van der Waals surface area contributed by atoms with E-state index in [1.165, 1.54) is 0 Å². The van der Waals surface area contributed by atoms with Crippen molar-refractivity contribution in [3.63, 3.8) is 0 Å². The van der Waals surface area contributed by atoms with E-state index in [1.54, 1.807) is 21.3 Å². The number of hydrogen-bond donors (Lipinski definition) is 1. The molecule has 0 unspecified atom stereocenters. The van der Waals surface area contributed by atoms with E-state index in [1.807, 2.05) is 44.2 Å². The number of nitrogens with one attached hydrogen (secondary N) is 1. The van der Waals surface area contributed by atoms with Crippen LogP contribution in [0.15, 0.2) is 30.3 Å². The minimum atomic E-state index is -0.167. The van der Waals surface area contributed by atoms with Gasteiger partial charge in [0.25, 0.3) is 5.91 Å². The number of rotatable bonds is 6. The molecule has 5 nitrogen and oxygen atoms in total. The Labute approximate surface area is 142 Å². The maximum absolute atomic E-state index is 12.6. The number of amides is 1. The van der Waals surface area contributed by atoms with Crippen molar-refractivity contribution in [2.24, 2.45) is 0 Å². The molecule has 0 aromatic heterocycles. The highest BCUT2D eigenvalue weighted by molar-refractivity contribution is 5.98. The van der Waals surface area contributed by atoms with Gasteiger partial charge in [-0.25, -0.2) is 0 Å². The van der Waals surface area contributed by atoms with Gasteiger partial charge in [0.1, 0.15) is 5.75 Å². The molecule has 1 amide bonds. The molecule has 24 heavy (non-hydrogen) atoms. The van der Waals surface area contributed by atoms with Crippen LogP contribution < -0.4 is 19.5 Å². The van der Waals surface area contributed by atoms with Gasteiger partial charge in [0.05, 0.1) is 26.9 Å². The Kier molecular flexibility index (Phi) is 5.68. The van der Waals surface area contributed by atoms with Gasteiger partial charge in [-0.15, -0.1) is 0 Å². The van der Waals surface area contributed by atoms with Crippen LogP contribution >= 0.6 is 0 Å². The summed E-state index contributed by atoms with van der Waals surface area (Å²) in [6.07, 6.45) is 0. The Morgan fingerprint density at radius 1 is 0.917 bits per heavy atom. The van der Waals surface area contributed by atoms with Gasteiger partial charge in [-0.05, 0) is 48.7 Å². The van der Waals surface area contributed by atoms with Gasteiger partial charge >= 0.3 is 0 Å². The molecule has 0 spiro atoms. The Hall–Kier alpha value is -2.69. The van der Waals surface area contributed by atoms with Crippen molar-refractivity contribution < 1.29 is 19.0 Å². The van der Waals surface area contributed by atoms with E-state index in [9.17, 15) is 4.79 Å². The Bertz CT molecular complexity index is 740. The van der Waals surface area contributed by atoms with Crippen molar-refractivity contribution in [3.8, 4) is 17.2 Å². The number of hydrogen-bond acceptors (Lipinski definition) is 4. The van der Waals surface area contributed by atoms with Crippen molar-refractivity contribution in [3.05, 3.63) is 52.6 Å². The van der Waals surface area contributed by atoms with Gasteiger partial charge in [0.15, 0.2) is 11.5 Å². The fourth-order valence-corrected chi connectivity index (χ4v) is 2.64. The first-order valence-corrected chi connectivity index (χ1v) is 7.64. The molecule has 1 N–H and O–H groups in total. The summed E-state index contributed by atoms with van der Waals surface area (Å²) >= 11 is 0. The Balaban J connectivity index is 2.17. The molecule has 0 atom stereocenters. The molecule has 128 valence electrons. The second-order valence-corrected chi connectivity index (χ2v) is 5.53. The minimum absolute atomic E-state index is 0.167. The number of carbonyl (C=O) groups is 1. The summed E-state index contributed by atoms with van der Waals surface area (Å²) in [7, 11) is 4.74. The van der Waals surface area contributed by atoms with E-state index in [0.29, 0.717) is 29.4 Å². The zero-order valence-corrected chi connectivity index (χ0v) is 14.7. The predicted octanol–water partition coefficient (Wildman–Crippen LogP) is 3.26. The number of aryl methyl sites for hydroxylation is 2. The first-order chi connectivity index (χ1) is 11.5. The van der Waals surface area contributed by atoms with E-state index in [0.717, 1.165) is 16.7 Å². The lowest BCUT2D eigenvalue weighted by Crippen LogP contribution is -2.24. The van der Waals surface area contributed by atoms with E-state index < -0.39 is 0 Å². The average molecular weight is 329 g/mol. The molecule has 0 radical (unpaired) electrons. The standard InChI is InChI=1S/C19H23NO4/c1-12-8-13(2)18(17(9-12)24-5)19(21)20-11-14-6-7-15(22-3)16(10-14)23-4/h6-10H,11H2,1-5H3,(H,20,21). The summed E-state index contributed by atoms with van der Waals surface area (Å²) in [6, 6.07) is 9.38. The molecular weight excluding hydrogens is 306 g/mol. The fraction of sp³-hybridized carbons (Fsp3) is 0.316. The van der Waals surface area contributed by atoms with E-state index in [4.69, 9.17) is 14.2 Å². The second-order valence-electron chi connectivity index (χ2n) is 5.53. The SMILES string of the molecule is COc1ccc(CNC(=O)c2c(C)cc(C)cc2OC)cc1OC. The molecule has 0 saturated carbocycles. The van der Waals surface area contributed by atoms with Crippen LogP contribution in [0, 0.1) is 13.8 Å². The van der Waals surface area contributed by atoms with Crippen molar-refractivity contribution in [2.45, 2.75) is 20.4 Å². The van der Waals surface area contributed by atoms with Gasteiger partial charge < -0.3 is 19.5 Å². The number of benzene rings is 2. The third kappa shape index (κ3) is 3.79. The summed E-state index contributed by atoms with van der Waals surface area (Å²) in [5.41, 5.74) is 3.42. The normalized spacial score (nSPS) is 10.2. The quantitative estimate of drug-likeness (QED) is 0.884. The van der Waals surface area contributed by atoms with Crippen LogP contribution in [0.5, 0.6) is 17.2 Å². The number of methoxy groups -OCH3 is 3. The van der Waals surface area contributed by atoms with Gasteiger partial charge in [0, 0.05) is 6.54 Å². The summed E-state index contributed by atoms with van der Waals surface area (Å²) in [5.74, 6) is 1.70. The van der Waals surface area contributed by atoms with Crippen LogP contribution in [0.4, 0.5) is 0 Å². The summed E-state index contributed by atoms with van der Waals surface area (Å²) in [4.78, 5) is 12.6. The van der Waals surface area contributed by atoms with E-state index in [-0.39, 0.29) is 5.91 Å². The highest BCUT2D eigenvalue weighted by Crippen LogP contribution is 2.28. The molecule has 0 saturated heterocycles. The Morgan fingerprint density at radius 3 is 2.21 bits per heavy atom. The monoisotopic (exact) mass is 329 g/mol. The molecule has 2 rings (SSSR count). The van der Waals surface area contributed by atoms with Crippen LogP contribution in [0.2, 0.25) is 0 Å². The molecule has 0 aliphatic carbocycles. The second kappa shape index (κ2) is 7.73. The molecular formula is C19H23NO4. The van der Waals surface area contributed by atoms with Crippen LogP contribution in [-0.4, -0.2) is 27.2 Å². The third-order valence-corrected chi connectivity index (χ3v) is 3.79. The van der Waals surface area contributed by atoms with Crippen LogP contribution in [0.1, 0.15) is 27.0 Å². The van der Waals surface area contributed by atoms with Gasteiger partial charge in [-0.3, -0.25) is 4.79 Å². The van der Waals surface area contributed by atoms with Gasteiger partial charge in [0.2, 0.25) is 0 Å². The van der Waals surface area contributed by atoms with Crippen molar-refractivity contribution in [2.75, 3.05) is 21.3 Å². The topological polar surface area (TPSA) is 56.8 Å². The molecule has 0 bridgehead atoms. The van der Waals surface area contributed by atoms with E-state index >= 15 is 0 Å². The van der Waals surface area contributed by atoms with E-state index in [2.05, 4.69) is 5.32 Å². The molecule has 2 aromatic rings. The molecule has 0 aliphatic rings. The fourth-order valence-electron chi connectivity index (χ4n) is 2.64. The summed E-state index contributed by atoms with van der Waals surface area (Å²) in [6.45, 7) is 4.26. The predicted molar refractivity (Wildman–Crippen MR) is 93.2 cm³/mol. The highest BCUT2D eigenvalue weighted by Gasteiger charge is 2.16. The highest BCUT2D eigenvalue weighted by atomic mass is 16.5. The summed E-state index contributed by atoms with van der Waals surface area (Å²) in [5, 5.41) is 2.92. The Morgan fingerprint density at radius 2 is 1.58 bits per heavy atom. The lowest BCUT2D eigenvalue weighted by Gasteiger charge is -2.14. The third-order valence-electron chi connectivity index (χ3n) is 3.79. The number of ether oxygens (including phenoxy) is 3. The van der Waals surface area contributed by atoms with Crippen molar-refractivity contribution >= 4 is 5.91 Å². The lowest BCUT2D eigenvalue weighted by atomic mass is 10.0. The van der Waals surface area contributed by atoms with Crippen LogP contribution in [0.3, 0.4) is 0 Å². The lowest BCUT2D eigenvalue weighted by molar-refractivity contribution is 0.0947. The zero-order chi connectivity index (χ0) is 17.7. The minimum Gasteiger partial charge on any atom is -0.496 e. The molecule has 0 aliphatic heterocycles. The average Bonchev–Trinajstić information content (AvgIpc) is 2.58. The maximum Gasteiger partial charge on any atom is 0.255 e. The zero-order valence-electron chi connectivity index (χ0n) is 14.7. The van der Waals surface area contributed by atoms with Crippen LogP contribution in [0.25, 0.3) is 0 Å². The van der Waals surface area contributed by atoms with Crippen LogP contribution in [-0.2, 0) is 6.54 Å². The molecule has 5 heteroatoms. The van der Waals surface area contributed by atoms with Crippen molar-refractivity contribution in [1.29, 1.82) is 0 Å². The first kappa shape index (κ1) is 17.7.